The van der Waals surface area contributed by atoms with Gasteiger partial charge in [0.25, 0.3) is 0 Å². The topological polar surface area (TPSA) is 62.9 Å². The molecule has 0 aromatic heterocycles. The van der Waals surface area contributed by atoms with Gasteiger partial charge in [0.15, 0.2) is 5.96 Å². The molecule has 3 rings (SSSR count). The lowest BCUT2D eigenvalue weighted by molar-refractivity contribution is 0.0376. The molecular formula is C20H31ClN4O. The maximum Gasteiger partial charge on any atom is 0.188 e. The Balaban J connectivity index is 1.48. The van der Waals surface area contributed by atoms with Crippen molar-refractivity contribution in [3.63, 3.8) is 0 Å². The minimum absolute atomic E-state index is 0.0883. The Morgan fingerprint density at radius 3 is 2.77 bits per heavy atom. The number of morpholine rings is 1. The van der Waals surface area contributed by atoms with Crippen molar-refractivity contribution in [2.45, 2.75) is 37.5 Å². The molecular weight excluding hydrogens is 348 g/mol. The highest BCUT2D eigenvalue weighted by Gasteiger charge is 2.35. The van der Waals surface area contributed by atoms with Gasteiger partial charge in [-0.2, -0.15) is 0 Å². The van der Waals surface area contributed by atoms with E-state index in [1.807, 2.05) is 12.1 Å². The van der Waals surface area contributed by atoms with E-state index < -0.39 is 0 Å². The second-order valence-corrected chi connectivity index (χ2v) is 7.87. The fourth-order valence-corrected chi connectivity index (χ4v) is 4.23. The standard InChI is InChI=1S/C20H31ClN4O/c21-18-6-3-5-17(15-18)20(7-1-2-8-20)16-24-19(22)23-9-4-10-25-11-13-26-14-12-25/h3,5-6,15H,1-2,4,7-14,16H2,(H3,22,23,24). The zero-order valence-corrected chi connectivity index (χ0v) is 16.3. The molecule has 0 radical (unpaired) electrons. The summed E-state index contributed by atoms with van der Waals surface area (Å²) >= 11 is 6.21. The van der Waals surface area contributed by atoms with Crippen molar-refractivity contribution >= 4 is 17.6 Å². The molecule has 0 atom stereocenters. The van der Waals surface area contributed by atoms with E-state index in [4.69, 9.17) is 22.1 Å². The number of hydrogen-bond acceptors (Lipinski definition) is 3. The monoisotopic (exact) mass is 378 g/mol. The third-order valence-corrected chi connectivity index (χ3v) is 5.85. The van der Waals surface area contributed by atoms with Crippen LogP contribution in [0.15, 0.2) is 29.3 Å². The van der Waals surface area contributed by atoms with E-state index in [-0.39, 0.29) is 5.41 Å². The molecule has 0 spiro atoms. The number of nitrogens with two attached hydrogens (primary N) is 1. The zero-order valence-electron chi connectivity index (χ0n) is 15.6. The fourth-order valence-electron chi connectivity index (χ4n) is 4.04. The zero-order chi connectivity index (χ0) is 18.2. The van der Waals surface area contributed by atoms with Crippen LogP contribution in [0.5, 0.6) is 0 Å². The molecule has 5 nitrogen and oxygen atoms in total. The highest BCUT2D eigenvalue weighted by atomic mass is 35.5. The van der Waals surface area contributed by atoms with Gasteiger partial charge in [0, 0.05) is 30.1 Å². The van der Waals surface area contributed by atoms with Gasteiger partial charge in [-0.25, -0.2) is 0 Å². The van der Waals surface area contributed by atoms with Crippen molar-refractivity contribution < 1.29 is 4.74 Å². The summed E-state index contributed by atoms with van der Waals surface area (Å²) < 4.78 is 5.37. The van der Waals surface area contributed by atoms with Gasteiger partial charge in [-0.05, 0) is 43.5 Å². The van der Waals surface area contributed by atoms with Crippen LogP contribution in [-0.2, 0) is 10.2 Å². The molecule has 0 bridgehead atoms. The molecule has 26 heavy (non-hydrogen) atoms. The van der Waals surface area contributed by atoms with Gasteiger partial charge in [0.05, 0.1) is 19.8 Å². The van der Waals surface area contributed by atoms with Gasteiger partial charge in [-0.15, -0.1) is 0 Å². The largest absolute Gasteiger partial charge is 0.379 e. The lowest BCUT2D eigenvalue weighted by Crippen LogP contribution is -2.39. The van der Waals surface area contributed by atoms with E-state index in [9.17, 15) is 0 Å². The average molecular weight is 379 g/mol. The van der Waals surface area contributed by atoms with Crippen molar-refractivity contribution in [1.82, 2.24) is 10.2 Å². The summed E-state index contributed by atoms with van der Waals surface area (Å²) in [7, 11) is 0. The maximum absolute atomic E-state index is 6.21. The summed E-state index contributed by atoms with van der Waals surface area (Å²) in [5.41, 5.74) is 7.50. The SMILES string of the molecule is NC(=NCC1(c2cccc(Cl)c2)CCCC1)NCCCN1CCOCC1. The molecule has 3 N–H and O–H groups in total. The van der Waals surface area contributed by atoms with Gasteiger partial charge in [0.2, 0.25) is 0 Å². The molecule has 1 aliphatic carbocycles. The molecule has 2 aliphatic rings. The van der Waals surface area contributed by atoms with Crippen LogP contribution in [-0.4, -0.2) is 56.8 Å². The predicted octanol–water partition coefficient (Wildman–Crippen LogP) is 2.78. The van der Waals surface area contributed by atoms with Crippen molar-refractivity contribution in [3.05, 3.63) is 34.9 Å². The number of nitrogens with zero attached hydrogens (tertiary/aromatic N) is 2. The molecule has 1 aliphatic heterocycles. The molecule has 1 aromatic rings. The van der Waals surface area contributed by atoms with E-state index in [0.717, 1.165) is 70.2 Å². The van der Waals surface area contributed by atoms with Crippen molar-refractivity contribution in [2.75, 3.05) is 45.9 Å². The number of benzene rings is 1. The van der Waals surface area contributed by atoms with Crippen LogP contribution in [0, 0.1) is 0 Å². The van der Waals surface area contributed by atoms with E-state index in [1.165, 1.54) is 18.4 Å². The predicted molar refractivity (Wildman–Crippen MR) is 108 cm³/mol. The lowest BCUT2D eigenvalue weighted by atomic mass is 9.79. The summed E-state index contributed by atoms with van der Waals surface area (Å²) in [6.07, 6.45) is 5.86. The Morgan fingerprint density at radius 2 is 2.04 bits per heavy atom. The Morgan fingerprint density at radius 1 is 1.27 bits per heavy atom. The van der Waals surface area contributed by atoms with Crippen LogP contribution >= 0.6 is 11.6 Å². The minimum Gasteiger partial charge on any atom is -0.379 e. The number of guanidine groups is 1. The van der Waals surface area contributed by atoms with Crippen molar-refractivity contribution in [2.24, 2.45) is 10.7 Å². The van der Waals surface area contributed by atoms with Crippen molar-refractivity contribution in [3.8, 4) is 0 Å². The van der Waals surface area contributed by atoms with E-state index >= 15 is 0 Å². The van der Waals surface area contributed by atoms with Gasteiger partial charge >= 0.3 is 0 Å². The summed E-state index contributed by atoms with van der Waals surface area (Å²) in [5, 5.41) is 4.07. The van der Waals surface area contributed by atoms with Gasteiger partial charge in [-0.3, -0.25) is 9.89 Å². The average Bonchev–Trinajstić information content (AvgIpc) is 3.15. The molecule has 0 unspecified atom stereocenters. The number of halogens is 1. The molecule has 6 heteroatoms. The number of nitrogens with one attached hydrogen (secondary N) is 1. The fraction of sp³-hybridized carbons (Fsp3) is 0.650. The number of aliphatic imine (C=N–C) groups is 1. The lowest BCUT2D eigenvalue weighted by Gasteiger charge is -2.28. The number of ether oxygens (including phenoxy) is 1. The van der Waals surface area contributed by atoms with E-state index in [2.05, 4.69) is 27.3 Å². The first-order valence-electron chi connectivity index (χ1n) is 9.78. The summed E-state index contributed by atoms with van der Waals surface area (Å²) in [6, 6.07) is 8.24. The second kappa shape index (κ2) is 9.58. The normalized spacial score (nSPS) is 21.0. The number of hydrogen-bond donors (Lipinski definition) is 2. The first kappa shape index (κ1) is 19.5. The summed E-state index contributed by atoms with van der Waals surface area (Å²) in [5.74, 6) is 0.556. The van der Waals surface area contributed by atoms with Crippen LogP contribution in [0.25, 0.3) is 0 Å². The van der Waals surface area contributed by atoms with Crippen LogP contribution in [0.2, 0.25) is 5.02 Å². The maximum atomic E-state index is 6.21. The molecule has 1 saturated heterocycles. The molecule has 2 fully saturated rings. The van der Waals surface area contributed by atoms with Gasteiger partial charge in [0.1, 0.15) is 0 Å². The van der Waals surface area contributed by atoms with Crippen molar-refractivity contribution in [1.29, 1.82) is 0 Å². The van der Waals surface area contributed by atoms with Crippen LogP contribution in [0.3, 0.4) is 0 Å². The highest BCUT2D eigenvalue weighted by molar-refractivity contribution is 6.30. The van der Waals surface area contributed by atoms with E-state index in [1.54, 1.807) is 0 Å². The van der Waals surface area contributed by atoms with E-state index in [0.29, 0.717) is 5.96 Å². The number of rotatable bonds is 7. The van der Waals surface area contributed by atoms with Gasteiger partial charge < -0.3 is 15.8 Å². The molecule has 1 heterocycles. The Hall–Kier alpha value is -1.30. The molecule has 0 amide bonds. The third-order valence-electron chi connectivity index (χ3n) is 5.61. The molecule has 144 valence electrons. The Bertz CT molecular complexity index is 595. The van der Waals surface area contributed by atoms with Crippen LogP contribution in [0.1, 0.15) is 37.7 Å². The van der Waals surface area contributed by atoms with Gasteiger partial charge in [-0.1, -0.05) is 36.6 Å². The smallest absolute Gasteiger partial charge is 0.188 e. The van der Waals surface area contributed by atoms with Crippen LogP contribution < -0.4 is 11.1 Å². The molecule has 1 saturated carbocycles. The summed E-state index contributed by atoms with van der Waals surface area (Å²) in [6.45, 7) is 6.44. The minimum atomic E-state index is 0.0883. The highest BCUT2D eigenvalue weighted by Crippen LogP contribution is 2.42. The first-order chi connectivity index (χ1) is 12.7. The quantitative estimate of drug-likeness (QED) is 0.435. The second-order valence-electron chi connectivity index (χ2n) is 7.43. The first-order valence-corrected chi connectivity index (χ1v) is 10.2. The molecule has 1 aromatic carbocycles. The summed E-state index contributed by atoms with van der Waals surface area (Å²) in [4.78, 5) is 7.11. The Labute approximate surface area is 161 Å². The van der Waals surface area contributed by atoms with Crippen LogP contribution in [0.4, 0.5) is 0 Å². The third kappa shape index (κ3) is 5.35. The Kier molecular flexibility index (Phi) is 7.17.